The van der Waals surface area contributed by atoms with Crippen LogP contribution in [0.4, 0.5) is 0 Å². The first-order chi connectivity index (χ1) is 8.15. The Morgan fingerprint density at radius 3 is 3.00 bits per heavy atom. The number of nitrogens with one attached hydrogen (secondary N) is 1. The van der Waals surface area contributed by atoms with Crippen LogP contribution >= 0.6 is 11.3 Å². The Balaban J connectivity index is 1.91. The second kappa shape index (κ2) is 5.09. The molecule has 0 saturated carbocycles. The van der Waals surface area contributed by atoms with E-state index in [0.717, 1.165) is 16.4 Å². The van der Waals surface area contributed by atoms with Gasteiger partial charge in [0.05, 0.1) is 23.7 Å². The molecule has 2 heterocycles. The lowest BCUT2D eigenvalue weighted by Crippen LogP contribution is -2.28. The van der Waals surface area contributed by atoms with Crippen LogP contribution in [0, 0.1) is 6.92 Å². The minimum Gasteiger partial charge on any atom is -0.339 e. The van der Waals surface area contributed by atoms with Crippen molar-refractivity contribution in [2.45, 2.75) is 19.9 Å². The van der Waals surface area contributed by atoms with Crippen LogP contribution in [0.2, 0.25) is 0 Å². The first kappa shape index (κ1) is 11.8. The molecule has 0 aliphatic heterocycles. The van der Waals surface area contributed by atoms with Gasteiger partial charge in [-0.15, -0.1) is 11.3 Å². The number of nitrogens with zero attached hydrogens (tertiary/aromatic N) is 3. The molecule has 1 N–H and O–H groups in total. The summed E-state index contributed by atoms with van der Waals surface area (Å²) in [6.07, 6.45) is 1.99. The van der Waals surface area contributed by atoms with E-state index in [-0.39, 0.29) is 5.91 Å². The minimum atomic E-state index is 0.0555. The third-order valence-corrected chi connectivity index (χ3v) is 3.21. The Hall–Kier alpha value is -1.69. The molecule has 0 aliphatic carbocycles. The van der Waals surface area contributed by atoms with Gasteiger partial charge in [-0.05, 0) is 13.0 Å². The van der Waals surface area contributed by atoms with Gasteiger partial charge < -0.3 is 4.90 Å². The molecule has 0 aliphatic rings. The van der Waals surface area contributed by atoms with Crippen molar-refractivity contribution in [1.29, 1.82) is 0 Å². The zero-order valence-electron chi connectivity index (χ0n) is 9.80. The number of aromatic nitrogens is 3. The lowest BCUT2D eigenvalue weighted by Gasteiger charge is -2.15. The molecule has 0 fully saturated rings. The third kappa shape index (κ3) is 3.13. The number of hydrogen-bond donors (Lipinski definition) is 1. The fourth-order valence-corrected chi connectivity index (χ4v) is 2.10. The fraction of sp³-hybridized carbons (Fsp3) is 0.364. The monoisotopic (exact) mass is 250 g/mol. The van der Waals surface area contributed by atoms with Crippen LogP contribution in [0.25, 0.3) is 0 Å². The van der Waals surface area contributed by atoms with E-state index in [4.69, 9.17) is 0 Å². The average molecular weight is 250 g/mol. The molecule has 0 unspecified atom stereocenters. The lowest BCUT2D eigenvalue weighted by molar-refractivity contribution is -0.129. The van der Waals surface area contributed by atoms with E-state index < -0.39 is 0 Å². The highest BCUT2D eigenvalue weighted by Crippen LogP contribution is 2.10. The van der Waals surface area contributed by atoms with Crippen molar-refractivity contribution in [3.8, 4) is 0 Å². The number of carbonyl (C=O) groups excluding carboxylic acids is 1. The average Bonchev–Trinajstić information content (AvgIpc) is 2.90. The molecule has 6 heteroatoms. The summed E-state index contributed by atoms with van der Waals surface area (Å²) in [6, 6.07) is 1.80. The zero-order valence-corrected chi connectivity index (χ0v) is 10.6. The lowest BCUT2D eigenvalue weighted by atomic mass is 10.3. The molecule has 1 amide bonds. The van der Waals surface area contributed by atoms with E-state index in [0.29, 0.717) is 13.0 Å². The summed E-state index contributed by atoms with van der Waals surface area (Å²) in [4.78, 5) is 17.9. The summed E-state index contributed by atoms with van der Waals surface area (Å²) in [5.41, 5.74) is 1.77. The number of amides is 1. The summed E-state index contributed by atoms with van der Waals surface area (Å²) in [5, 5.41) is 9.60. The quantitative estimate of drug-likeness (QED) is 0.891. The van der Waals surface area contributed by atoms with Crippen molar-refractivity contribution in [1.82, 2.24) is 20.1 Å². The molecule has 17 heavy (non-hydrogen) atoms. The molecule has 5 nitrogen and oxygen atoms in total. The van der Waals surface area contributed by atoms with Crippen LogP contribution in [-0.2, 0) is 17.8 Å². The molecule has 0 bridgehead atoms. The largest absolute Gasteiger partial charge is 0.339 e. The molecule has 2 aromatic rings. The molecule has 2 aromatic heterocycles. The van der Waals surface area contributed by atoms with Gasteiger partial charge in [-0.1, -0.05) is 0 Å². The van der Waals surface area contributed by atoms with Crippen molar-refractivity contribution in [3.05, 3.63) is 34.0 Å². The number of aryl methyl sites for hydroxylation is 1. The SMILES string of the molecule is Cc1nc(CN(C)C(=O)Cc2ccn[nH]2)cs1. The molecule has 2 rings (SSSR count). The smallest absolute Gasteiger partial charge is 0.228 e. The van der Waals surface area contributed by atoms with Gasteiger partial charge in [0.25, 0.3) is 0 Å². The van der Waals surface area contributed by atoms with Gasteiger partial charge in [-0.25, -0.2) is 4.98 Å². The third-order valence-electron chi connectivity index (χ3n) is 2.39. The second-order valence-electron chi connectivity index (χ2n) is 3.87. The summed E-state index contributed by atoms with van der Waals surface area (Å²) in [5.74, 6) is 0.0555. The van der Waals surface area contributed by atoms with Crippen LogP contribution in [0.15, 0.2) is 17.6 Å². The number of carbonyl (C=O) groups is 1. The maximum atomic E-state index is 11.9. The summed E-state index contributed by atoms with van der Waals surface area (Å²) in [7, 11) is 1.79. The topological polar surface area (TPSA) is 61.9 Å². The van der Waals surface area contributed by atoms with Gasteiger partial charge in [-0.2, -0.15) is 5.10 Å². The van der Waals surface area contributed by atoms with Crippen LogP contribution in [0.5, 0.6) is 0 Å². The summed E-state index contributed by atoms with van der Waals surface area (Å²) >= 11 is 1.60. The van der Waals surface area contributed by atoms with Crippen molar-refractivity contribution in [2.24, 2.45) is 0 Å². The predicted octanol–water partition coefficient (Wildman–Crippen LogP) is 1.38. The maximum Gasteiger partial charge on any atom is 0.228 e. The van der Waals surface area contributed by atoms with Gasteiger partial charge in [0.15, 0.2) is 0 Å². The standard InChI is InChI=1S/C11H14N4OS/c1-8-13-10(7-17-8)6-15(2)11(16)5-9-3-4-12-14-9/h3-4,7H,5-6H2,1-2H3,(H,12,14). The van der Waals surface area contributed by atoms with Gasteiger partial charge in [-0.3, -0.25) is 9.89 Å². The number of likely N-dealkylation sites (N-methyl/N-ethyl adjacent to an activating group) is 1. The Bertz CT molecular complexity index is 491. The molecule has 90 valence electrons. The normalized spacial score (nSPS) is 10.5. The molecule has 0 saturated heterocycles. The van der Waals surface area contributed by atoms with E-state index in [2.05, 4.69) is 15.2 Å². The van der Waals surface area contributed by atoms with Crippen LogP contribution < -0.4 is 0 Å². The fourth-order valence-electron chi connectivity index (χ4n) is 1.49. The number of thiazole rings is 1. The molecule has 0 radical (unpaired) electrons. The summed E-state index contributed by atoms with van der Waals surface area (Å²) in [6.45, 7) is 2.51. The second-order valence-corrected chi connectivity index (χ2v) is 4.93. The van der Waals surface area contributed by atoms with Crippen molar-refractivity contribution in [3.63, 3.8) is 0 Å². The molecule has 0 aromatic carbocycles. The van der Waals surface area contributed by atoms with Crippen LogP contribution in [0.1, 0.15) is 16.4 Å². The van der Waals surface area contributed by atoms with Crippen LogP contribution in [-0.4, -0.2) is 33.0 Å². The molecule has 0 spiro atoms. The Labute approximate surface area is 103 Å². The van der Waals surface area contributed by atoms with Gasteiger partial charge >= 0.3 is 0 Å². The highest BCUT2D eigenvalue weighted by Gasteiger charge is 2.12. The van der Waals surface area contributed by atoms with Gasteiger partial charge in [0, 0.05) is 24.3 Å². The number of H-pyrrole nitrogens is 1. The van der Waals surface area contributed by atoms with E-state index in [9.17, 15) is 4.79 Å². The number of hydrogen-bond acceptors (Lipinski definition) is 4. The highest BCUT2D eigenvalue weighted by molar-refractivity contribution is 7.09. The molecular formula is C11H14N4OS. The van der Waals surface area contributed by atoms with E-state index in [1.54, 1.807) is 35.5 Å². The molecular weight excluding hydrogens is 236 g/mol. The zero-order chi connectivity index (χ0) is 12.3. The van der Waals surface area contributed by atoms with Crippen LogP contribution in [0.3, 0.4) is 0 Å². The first-order valence-electron chi connectivity index (χ1n) is 5.28. The Morgan fingerprint density at radius 1 is 1.59 bits per heavy atom. The van der Waals surface area contributed by atoms with E-state index in [1.165, 1.54) is 0 Å². The maximum absolute atomic E-state index is 11.9. The number of aromatic amines is 1. The van der Waals surface area contributed by atoms with Crippen molar-refractivity contribution in [2.75, 3.05) is 7.05 Å². The van der Waals surface area contributed by atoms with Gasteiger partial charge in [0.2, 0.25) is 5.91 Å². The van der Waals surface area contributed by atoms with E-state index >= 15 is 0 Å². The Morgan fingerprint density at radius 2 is 2.41 bits per heavy atom. The first-order valence-corrected chi connectivity index (χ1v) is 6.16. The van der Waals surface area contributed by atoms with Crippen molar-refractivity contribution < 1.29 is 4.79 Å². The Kier molecular flexibility index (Phi) is 3.53. The van der Waals surface area contributed by atoms with E-state index in [1.807, 2.05) is 12.3 Å². The highest BCUT2D eigenvalue weighted by atomic mass is 32.1. The molecule has 0 atom stereocenters. The van der Waals surface area contributed by atoms with Gasteiger partial charge in [0.1, 0.15) is 0 Å². The summed E-state index contributed by atoms with van der Waals surface area (Å²) < 4.78 is 0. The predicted molar refractivity (Wildman–Crippen MR) is 65.6 cm³/mol. The number of rotatable bonds is 4. The van der Waals surface area contributed by atoms with Crippen molar-refractivity contribution >= 4 is 17.2 Å². The minimum absolute atomic E-state index is 0.0555.